The van der Waals surface area contributed by atoms with E-state index < -0.39 is 0 Å². The van der Waals surface area contributed by atoms with Crippen molar-refractivity contribution >= 4 is 10.8 Å². The lowest BCUT2D eigenvalue weighted by Crippen LogP contribution is -2.36. The van der Waals surface area contributed by atoms with Gasteiger partial charge in [0.05, 0.1) is 0 Å². The first-order chi connectivity index (χ1) is 8.33. The predicted molar refractivity (Wildman–Crippen MR) is 73.0 cm³/mol. The van der Waals surface area contributed by atoms with Gasteiger partial charge in [-0.3, -0.25) is 0 Å². The maximum Gasteiger partial charge on any atom is 0.0108 e. The summed E-state index contributed by atoms with van der Waals surface area (Å²) in [6.45, 7) is 0. The molecule has 0 saturated heterocycles. The third-order valence-corrected chi connectivity index (χ3v) is 4.04. The van der Waals surface area contributed by atoms with E-state index in [1.165, 1.54) is 35.6 Å². The zero-order valence-corrected chi connectivity index (χ0v) is 10.1. The topological polar surface area (TPSA) is 26.0 Å². The first kappa shape index (κ1) is 10.8. The van der Waals surface area contributed by atoms with Crippen LogP contribution in [-0.2, 0) is 6.42 Å². The highest BCUT2D eigenvalue weighted by Crippen LogP contribution is 2.30. The predicted octanol–water partition coefficient (Wildman–Crippen LogP) is 3.51. The lowest BCUT2D eigenvalue weighted by molar-refractivity contribution is 0.260. The number of rotatable bonds is 3. The molecule has 2 N–H and O–H groups in total. The van der Waals surface area contributed by atoms with E-state index in [2.05, 4.69) is 42.5 Å². The lowest BCUT2D eigenvalue weighted by Gasteiger charge is -2.31. The van der Waals surface area contributed by atoms with Gasteiger partial charge >= 0.3 is 0 Å². The summed E-state index contributed by atoms with van der Waals surface area (Å²) >= 11 is 0. The maximum absolute atomic E-state index is 6.26. The van der Waals surface area contributed by atoms with Crippen LogP contribution in [0.4, 0.5) is 0 Å². The van der Waals surface area contributed by atoms with E-state index in [9.17, 15) is 0 Å². The molecule has 0 spiro atoms. The molecule has 0 amide bonds. The smallest absolute Gasteiger partial charge is 0.0108 e. The van der Waals surface area contributed by atoms with Crippen LogP contribution in [0.25, 0.3) is 10.8 Å². The van der Waals surface area contributed by atoms with E-state index in [1.54, 1.807) is 0 Å². The second-order valence-corrected chi connectivity index (χ2v) is 5.24. The molecule has 1 aliphatic carbocycles. The summed E-state index contributed by atoms with van der Waals surface area (Å²) in [5.41, 5.74) is 7.63. The van der Waals surface area contributed by atoms with Gasteiger partial charge in [0.15, 0.2) is 0 Å². The zero-order chi connectivity index (χ0) is 11.7. The van der Waals surface area contributed by atoms with Crippen LogP contribution >= 0.6 is 0 Å². The van der Waals surface area contributed by atoms with Gasteiger partial charge in [0.25, 0.3) is 0 Å². The molecule has 2 aromatic rings. The molecule has 0 radical (unpaired) electrons. The molecule has 1 unspecified atom stereocenters. The fourth-order valence-electron chi connectivity index (χ4n) is 2.67. The fraction of sp³-hybridized carbons (Fsp3) is 0.375. The number of nitrogens with two attached hydrogens (primary N) is 1. The molecule has 1 atom stereocenters. The average molecular weight is 225 g/mol. The summed E-state index contributed by atoms with van der Waals surface area (Å²) < 4.78 is 0. The first-order valence-electron chi connectivity index (χ1n) is 6.56. The maximum atomic E-state index is 6.26. The largest absolute Gasteiger partial charge is 0.327 e. The van der Waals surface area contributed by atoms with Crippen LogP contribution in [0.1, 0.15) is 24.8 Å². The van der Waals surface area contributed by atoms with Crippen LogP contribution in [0, 0.1) is 5.92 Å². The van der Waals surface area contributed by atoms with Crippen molar-refractivity contribution in [3.63, 3.8) is 0 Å². The molecule has 1 nitrogen and oxygen atoms in total. The van der Waals surface area contributed by atoms with Crippen LogP contribution in [0.3, 0.4) is 0 Å². The molecule has 1 fully saturated rings. The Hall–Kier alpha value is -1.34. The fourth-order valence-corrected chi connectivity index (χ4v) is 2.67. The van der Waals surface area contributed by atoms with Crippen molar-refractivity contribution in [1.29, 1.82) is 0 Å². The van der Waals surface area contributed by atoms with Gasteiger partial charge in [0, 0.05) is 6.04 Å². The Morgan fingerprint density at radius 3 is 2.53 bits per heavy atom. The van der Waals surface area contributed by atoms with E-state index in [1.807, 2.05) is 0 Å². The van der Waals surface area contributed by atoms with Gasteiger partial charge in [-0.05, 0) is 41.5 Å². The Morgan fingerprint density at radius 1 is 1.06 bits per heavy atom. The summed E-state index contributed by atoms with van der Waals surface area (Å²) in [6, 6.07) is 15.6. The van der Waals surface area contributed by atoms with E-state index >= 15 is 0 Å². The lowest BCUT2D eigenvalue weighted by atomic mass is 9.78. The second-order valence-electron chi connectivity index (χ2n) is 5.24. The number of hydrogen-bond donors (Lipinski definition) is 1. The standard InChI is InChI=1S/C16H19N/c17-16(14-6-3-7-14)11-12-8-9-13-4-1-2-5-15(13)10-12/h1-2,4-5,8-10,14,16H,3,6-7,11,17H2. The normalized spacial score (nSPS) is 17.9. The Bertz CT molecular complexity index is 514. The van der Waals surface area contributed by atoms with Crippen molar-refractivity contribution in [3.8, 4) is 0 Å². The summed E-state index contributed by atoms with van der Waals surface area (Å²) in [6.07, 6.45) is 5.05. The van der Waals surface area contributed by atoms with Gasteiger partial charge in [-0.25, -0.2) is 0 Å². The van der Waals surface area contributed by atoms with Crippen molar-refractivity contribution in [2.45, 2.75) is 31.7 Å². The Balaban J connectivity index is 1.80. The van der Waals surface area contributed by atoms with Gasteiger partial charge in [-0.15, -0.1) is 0 Å². The van der Waals surface area contributed by atoms with Gasteiger partial charge in [-0.1, -0.05) is 48.9 Å². The van der Waals surface area contributed by atoms with Crippen LogP contribution in [-0.4, -0.2) is 6.04 Å². The van der Waals surface area contributed by atoms with Crippen molar-refractivity contribution in [3.05, 3.63) is 48.0 Å². The van der Waals surface area contributed by atoms with Crippen LogP contribution in [0.2, 0.25) is 0 Å². The second kappa shape index (κ2) is 4.50. The van der Waals surface area contributed by atoms with Gasteiger partial charge < -0.3 is 5.73 Å². The van der Waals surface area contributed by atoms with Crippen molar-refractivity contribution in [2.75, 3.05) is 0 Å². The molecule has 0 heterocycles. The highest BCUT2D eigenvalue weighted by atomic mass is 14.7. The molecule has 88 valence electrons. The highest BCUT2D eigenvalue weighted by Gasteiger charge is 2.24. The molecule has 0 aliphatic heterocycles. The molecular formula is C16H19N. The molecular weight excluding hydrogens is 206 g/mol. The minimum Gasteiger partial charge on any atom is -0.327 e. The van der Waals surface area contributed by atoms with Crippen molar-refractivity contribution in [2.24, 2.45) is 11.7 Å². The third kappa shape index (κ3) is 2.20. The molecule has 1 heteroatoms. The summed E-state index contributed by atoms with van der Waals surface area (Å²) in [7, 11) is 0. The number of hydrogen-bond acceptors (Lipinski definition) is 1. The first-order valence-corrected chi connectivity index (χ1v) is 6.56. The van der Waals surface area contributed by atoms with Gasteiger partial charge in [0.2, 0.25) is 0 Å². The highest BCUT2D eigenvalue weighted by molar-refractivity contribution is 5.82. The molecule has 3 rings (SSSR count). The molecule has 0 bridgehead atoms. The van der Waals surface area contributed by atoms with Crippen LogP contribution in [0.5, 0.6) is 0 Å². The molecule has 1 saturated carbocycles. The third-order valence-electron chi connectivity index (χ3n) is 4.04. The Morgan fingerprint density at radius 2 is 1.82 bits per heavy atom. The summed E-state index contributed by atoms with van der Waals surface area (Å²) in [5, 5.41) is 2.64. The Kier molecular flexibility index (Phi) is 2.86. The minimum atomic E-state index is 0.352. The van der Waals surface area contributed by atoms with E-state index in [0.717, 1.165) is 12.3 Å². The summed E-state index contributed by atoms with van der Waals surface area (Å²) in [4.78, 5) is 0. The van der Waals surface area contributed by atoms with E-state index in [-0.39, 0.29) is 0 Å². The zero-order valence-electron chi connectivity index (χ0n) is 10.1. The van der Waals surface area contributed by atoms with Crippen LogP contribution < -0.4 is 5.73 Å². The van der Waals surface area contributed by atoms with E-state index in [0.29, 0.717) is 6.04 Å². The number of benzene rings is 2. The SMILES string of the molecule is NC(Cc1ccc2ccccc2c1)C1CCC1. The Labute approximate surface area is 103 Å². The quantitative estimate of drug-likeness (QED) is 0.850. The van der Waals surface area contributed by atoms with Gasteiger partial charge in [0.1, 0.15) is 0 Å². The number of fused-ring (bicyclic) bond motifs is 1. The average Bonchev–Trinajstić information content (AvgIpc) is 2.26. The summed E-state index contributed by atoms with van der Waals surface area (Å²) in [5.74, 6) is 0.765. The molecule has 1 aliphatic rings. The van der Waals surface area contributed by atoms with Crippen LogP contribution in [0.15, 0.2) is 42.5 Å². The van der Waals surface area contributed by atoms with Crippen molar-refractivity contribution in [1.82, 2.24) is 0 Å². The monoisotopic (exact) mass is 225 g/mol. The molecule has 0 aromatic heterocycles. The van der Waals surface area contributed by atoms with Crippen molar-refractivity contribution < 1.29 is 0 Å². The van der Waals surface area contributed by atoms with E-state index in [4.69, 9.17) is 5.73 Å². The minimum absolute atomic E-state index is 0.352. The molecule has 2 aromatic carbocycles. The van der Waals surface area contributed by atoms with Gasteiger partial charge in [-0.2, -0.15) is 0 Å². The molecule has 17 heavy (non-hydrogen) atoms.